The van der Waals surface area contributed by atoms with Gasteiger partial charge in [-0.05, 0) is 43.2 Å². The summed E-state index contributed by atoms with van der Waals surface area (Å²) in [6.45, 7) is 3.91. The molecule has 0 aliphatic rings. The summed E-state index contributed by atoms with van der Waals surface area (Å²) in [6.07, 6.45) is 0.185. The average Bonchev–Trinajstić information content (AvgIpc) is 2.72. The molecule has 2 aromatic carbocycles. The molecule has 0 fully saturated rings. The van der Waals surface area contributed by atoms with Crippen LogP contribution in [0.1, 0.15) is 35.0 Å². The van der Waals surface area contributed by atoms with Crippen molar-refractivity contribution in [3.8, 4) is 5.75 Å². The van der Waals surface area contributed by atoms with Crippen LogP contribution in [-0.4, -0.2) is 22.6 Å². The van der Waals surface area contributed by atoms with Gasteiger partial charge in [0.05, 0.1) is 13.2 Å². The highest BCUT2D eigenvalue weighted by molar-refractivity contribution is 5.77. The normalized spacial score (nSPS) is 11.7. The second-order valence-corrected chi connectivity index (χ2v) is 6.91. The lowest BCUT2D eigenvalue weighted by atomic mass is 9.98. The van der Waals surface area contributed by atoms with E-state index < -0.39 is 0 Å². The van der Waals surface area contributed by atoms with Gasteiger partial charge in [0.25, 0.3) is 0 Å². The van der Waals surface area contributed by atoms with Gasteiger partial charge in [0.15, 0.2) is 0 Å². The number of amides is 1. The summed E-state index contributed by atoms with van der Waals surface area (Å²) in [4.78, 5) is 28.8. The molecule has 6 heteroatoms. The van der Waals surface area contributed by atoms with Crippen molar-refractivity contribution in [2.24, 2.45) is 0 Å². The third-order valence-electron chi connectivity index (χ3n) is 4.80. The summed E-state index contributed by atoms with van der Waals surface area (Å²) in [5, 5.41) is 3.09. The Hall–Kier alpha value is -3.41. The maximum Gasteiger partial charge on any atom is 0.347 e. The molecule has 1 N–H and O–H groups in total. The Bertz CT molecular complexity index is 1030. The van der Waals surface area contributed by atoms with E-state index >= 15 is 0 Å². The van der Waals surface area contributed by atoms with Gasteiger partial charge in [-0.1, -0.05) is 42.5 Å². The molecule has 1 atom stereocenters. The summed E-state index contributed by atoms with van der Waals surface area (Å²) in [5.41, 5.74) is 3.08. The van der Waals surface area contributed by atoms with Gasteiger partial charge in [0, 0.05) is 24.4 Å². The number of methoxy groups -OCH3 is 1. The molecule has 6 nitrogen and oxygen atoms in total. The van der Waals surface area contributed by atoms with E-state index in [0.717, 1.165) is 22.6 Å². The maximum atomic E-state index is 12.7. The third-order valence-corrected chi connectivity index (χ3v) is 4.80. The summed E-state index contributed by atoms with van der Waals surface area (Å²) in [6, 6.07) is 19.0. The zero-order valence-electron chi connectivity index (χ0n) is 16.9. The highest BCUT2D eigenvalue weighted by Crippen LogP contribution is 2.24. The lowest BCUT2D eigenvalue weighted by Gasteiger charge is -2.20. The highest BCUT2D eigenvalue weighted by atomic mass is 16.5. The molecule has 0 aliphatic carbocycles. The van der Waals surface area contributed by atoms with Crippen molar-refractivity contribution in [2.75, 3.05) is 7.11 Å². The number of aromatic nitrogens is 2. The number of aryl methyl sites for hydroxylation is 2. The Labute approximate surface area is 170 Å². The molecule has 0 spiro atoms. The summed E-state index contributed by atoms with van der Waals surface area (Å²) in [7, 11) is 1.62. The fraction of sp³-hybridized carbons (Fsp3) is 0.261. The Balaban J connectivity index is 1.77. The number of rotatable bonds is 7. The molecular formula is C23H25N3O3. The SMILES string of the molecule is COc1ccc([C@H](NC(=O)CCn2c(C)cc(C)nc2=O)c2ccccc2)cc1. The van der Waals surface area contributed by atoms with Crippen LogP contribution in [0.2, 0.25) is 0 Å². The van der Waals surface area contributed by atoms with Crippen molar-refractivity contribution in [1.29, 1.82) is 0 Å². The molecule has 0 saturated heterocycles. The minimum absolute atomic E-state index is 0.137. The number of nitrogens with zero attached hydrogens (tertiary/aromatic N) is 2. The van der Waals surface area contributed by atoms with Crippen molar-refractivity contribution in [3.63, 3.8) is 0 Å². The molecule has 3 rings (SSSR count). The lowest BCUT2D eigenvalue weighted by molar-refractivity contribution is -0.121. The van der Waals surface area contributed by atoms with Crippen LogP contribution in [0, 0.1) is 13.8 Å². The number of hydrogen-bond donors (Lipinski definition) is 1. The van der Waals surface area contributed by atoms with Crippen molar-refractivity contribution >= 4 is 5.91 Å². The smallest absolute Gasteiger partial charge is 0.347 e. The summed E-state index contributed by atoms with van der Waals surface area (Å²) >= 11 is 0. The van der Waals surface area contributed by atoms with Gasteiger partial charge >= 0.3 is 5.69 Å². The zero-order chi connectivity index (χ0) is 20.8. The fourth-order valence-electron chi connectivity index (χ4n) is 3.29. The number of hydrogen-bond acceptors (Lipinski definition) is 4. The number of carbonyl (C=O) groups is 1. The van der Waals surface area contributed by atoms with Gasteiger partial charge in [-0.15, -0.1) is 0 Å². The molecule has 0 unspecified atom stereocenters. The standard InChI is InChI=1S/C23H25N3O3/c1-16-15-17(2)26(23(28)24-16)14-13-21(27)25-22(18-7-5-4-6-8-18)19-9-11-20(29-3)12-10-19/h4-12,15,22H,13-14H2,1-3H3,(H,25,27)/t22-/m1/s1. The van der Waals surface area contributed by atoms with Crippen LogP contribution in [0.4, 0.5) is 0 Å². The van der Waals surface area contributed by atoms with Crippen LogP contribution < -0.4 is 15.7 Å². The first-order valence-electron chi connectivity index (χ1n) is 9.51. The van der Waals surface area contributed by atoms with E-state index in [-0.39, 0.29) is 30.6 Å². The van der Waals surface area contributed by atoms with Crippen molar-refractivity contribution in [2.45, 2.75) is 32.9 Å². The molecule has 1 heterocycles. The minimum atomic E-state index is -0.329. The maximum absolute atomic E-state index is 12.7. The molecule has 0 aliphatic heterocycles. The number of ether oxygens (including phenoxy) is 1. The van der Waals surface area contributed by atoms with E-state index in [4.69, 9.17) is 4.74 Å². The largest absolute Gasteiger partial charge is 0.497 e. The summed E-state index contributed by atoms with van der Waals surface area (Å²) in [5.74, 6) is 0.621. The molecule has 0 bridgehead atoms. The quantitative estimate of drug-likeness (QED) is 0.671. The van der Waals surface area contributed by atoms with Gasteiger partial charge in [-0.2, -0.15) is 4.98 Å². The fourth-order valence-corrected chi connectivity index (χ4v) is 3.29. The molecule has 0 radical (unpaired) electrons. The monoisotopic (exact) mass is 391 g/mol. The topological polar surface area (TPSA) is 73.2 Å². The first-order chi connectivity index (χ1) is 14.0. The molecule has 29 heavy (non-hydrogen) atoms. The van der Waals surface area contributed by atoms with E-state index in [1.807, 2.05) is 67.6 Å². The molecule has 1 amide bonds. The van der Waals surface area contributed by atoms with Crippen LogP contribution in [0.5, 0.6) is 5.75 Å². The lowest BCUT2D eigenvalue weighted by Crippen LogP contribution is -2.32. The number of carbonyl (C=O) groups excluding carboxylic acids is 1. The van der Waals surface area contributed by atoms with Gasteiger partial charge in [-0.25, -0.2) is 4.79 Å². The van der Waals surface area contributed by atoms with Crippen LogP contribution in [0.3, 0.4) is 0 Å². The molecule has 150 valence electrons. The molecule has 0 saturated carbocycles. The molecule has 3 aromatic rings. The zero-order valence-corrected chi connectivity index (χ0v) is 16.9. The number of nitrogens with one attached hydrogen (secondary N) is 1. The Morgan fingerprint density at radius 3 is 2.34 bits per heavy atom. The van der Waals surface area contributed by atoms with Crippen LogP contribution in [0.25, 0.3) is 0 Å². The van der Waals surface area contributed by atoms with Crippen LogP contribution in [-0.2, 0) is 11.3 Å². The van der Waals surface area contributed by atoms with Gasteiger partial charge < -0.3 is 10.1 Å². The second-order valence-electron chi connectivity index (χ2n) is 6.91. The summed E-state index contributed by atoms with van der Waals surface area (Å²) < 4.78 is 6.75. The highest BCUT2D eigenvalue weighted by Gasteiger charge is 2.17. The predicted octanol–water partition coefficient (Wildman–Crippen LogP) is 3.16. The van der Waals surface area contributed by atoms with E-state index in [9.17, 15) is 9.59 Å². The molecular weight excluding hydrogens is 366 g/mol. The van der Waals surface area contributed by atoms with Crippen LogP contribution >= 0.6 is 0 Å². The van der Waals surface area contributed by atoms with Crippen molar-refractivity contribution in [1.82, 2.24) is 14.9 Å². The van der Waals surface area contributed by atoms with E-state index in [1.165, 1.54) is 4.57 Å². The minimum Gasteiger partial charge on any atom is -0.497 e. The van der Waals surface area contributed by atoms with Crippen molar-refractivity contribution < 1.29 is 9.53 Å². The van der Waals surface area contributed by atoms with Crippen LogP contribution in [0.15, 0.2) is 65.5 Å². The second kappa shape index (κ2) is 9.19. The molecule has 1 aromatic heterocycles. The van der Waals surface area contributed by atoms with E-state index in [0.29, 0.717) is 5.69 Å². The Morgan fingerprint density at radius 2 is 1.72 bits per heavy atom. The van der Waals surface area contributed by atoms with E-state index in [2.05, 4.69) is 10.3 Å². The van der Waals surface area contributed by atoms with E-state index in [1.54, 1.807) is 14.0 Å². The van der Waals surface area contributed by atoms with Gasteiger partial charge in [0.2, 0.25) is 5.91 Å². The third kappa shape index (κ3) is 5.10. The van der Waals surface area contributed by atoms with Crippen molar-refractivity contribution in [3.05, 3.63) is 93.7 Å². The Kier molecular flexibility index (Phi) is 6.44. The Morgan fingerprint density at radius 1 is 1.07 bits per heavy atom. The first-order valence-corrected chi connectivity index (χ1v) is 9.51. The van der Waals surface area contributed by atoms with Gasteiger partial charge in [0.1, 0.15) is 5.75 Å². The first kappa shape index (κ1) is 20.3. The number of benzene rings is 2. The average molecular weight is 391 g/mol. The van der Waals surface area contributed by atoms with Gasteiger partial charge in [-0.3, -0.25) is 9.36 Å². The predicted molar refractivity (Wildman–Crippen MR) is 112 cm³/mol.